The number of amides is 4. The number of benzene rings is 1. The second-order valence-corrected chi connectivity index (χ2v) is 10.5. The fourth-order valence-electron chi connectivity index (χ4n) is 4.42. The number of rotatable bonds is 18. The Morgan fingerprint density at radius 2 is 1.63 bits per heavy atom. The lowest BCUT2D eigenvalue weighted by atomic mass is 9.96. The Balaban J connectivity index is 2.27. The Morgan fingerprint density at radius 3 is 2.26 bits per heavy atom. The summed E-state index contributed by atoms with van der Waals surface area (Å²) in [5.41, 5.74) is 23.5. The molecule has 0 saturated heterocycles. The molecule has 0 radical (unpaired) electrons. The molecule has 0 fully saturated rings. The third-order valence-corrected chi connectivity index (χ3v) is 7.12. The molecular weight excluding hydrogens is 558 g/mol. The molecule has 236 valence electrons. The number of carbonyl (C=O) groups excluding carboxylic acids is 4. The van der Waals surface area contributed by atoms with E-state index in [0.29, 0.717) is 12.8 Å². The first kappa shape index (κ1) is 34.5. The highest BCUT2D eigenvalue weighted by Crippen LogP contribution is 2.20. The van der Waals surface area contributed by atoms with Crippen molar-refractivity contribution < 1.29 is 29.1 Å². The van der Waals surface area contributed by atoms with Gasteiger partial charge in [-0.15, -0.1) is 0 Å². The normalized spacial score (nSPS) is 14.5. The molecule has 4 amide bonds. The molecule has 5 atom stereocenters. The fourth-order valence-corrected chi connectivity index (χ4v) is 4.42. The number of nitrogens with one attached hydrogen (secondary N) is 4. The predicted molar refractivity (Wildman–Crippen MR) is 161 cm³/mol. The van der Waals surface area contributed by atoms with Crippen molar-refractivity contribution >= 4 is 46.5 Å². The zero-order valence-electron chi connectivity index (χ0n) is 24.5. The van der Waals surface area contributed by atoms with Crippen LogP contribution in [0, 0.1) is 5.92 Å². The maximum absolute atomic E-state index is 13.7. The first-order valence-corrected chi connectivity index (χ1v) is 14.1. The van der Waals surface area contributed by atoms with Crippen molar-refractivity contribution in [2.45, 2.75) is 76.5 Å². The monoisotopic (exact) mass is 601 g/mol. The van der Waals surface area contributed by atoms with Crippen molar-refractivity contribution in [1.29, 1.82) is 0 Å². The number of primary amides is 1. The van der Waals surface area contributed by atoms with Crippen molar-refractivity contribution in [2.75, 3.05) is 6.54 Å². The van der Waals surface area contributed by atoms with Crippen molar-refractivity contribution in [3.05, 3.63) is 36.0 Å². The van der Waals surface area contributed by atoms with E-state index in [2.05, 4.69) is 25.9 Å². The topological polar surface area (TPSA) is 274 Å². The second kappa shape index (κ2) is 16.7. The summed E-state index contributed by atoms with van der Waals surface area (Å²) in [4.78, 5) is 69.8. The van der Waals surface area contributed by atoms with Crippen molar-refractivity contribution in [3.8, 4) is 0 Å². The molecule has 2 rings (SSSR count). The molecule has 1 aromatic heterocycles. The van der Waals surface area contributed by atoms with Crippen LogP contribution < -0.4 is 38.9 Å². The number of hydrogen-bond acceptors (Lipinski definition) is 7. The number of para-hydroxylation sites is 1. The van der Waals surface area contributed by atoms with Crippen LogP contribution in [0.4, 0.5) is 0 Å². The van der Waals surface area contributed by atoms with Crippen LogP contribution >= 0.6 is 0 Å². The summed E-state index contributed by atoms with van der Waals surface area (Å²) in [5.74, 6) is -4.51. The number of fused-ring (bicyclic) bond motifs is 1. The van der Waals surface area contributed by atoms with E-state index in [1.165, 1.54) is 0 Å². The van der Waals surface area contributed by atoms with E-state index < -0.39 is 59.7 Å². The highest BCUT2D eigenvalue weighted by Gasteiger charge is 2.33. The maximum Gasteiger partial charge on any atom is 0.326 e. The molecule has 5 unspecified atom stereocenters. The van der Waals surface area contributed by atoms with Crippen LogP contribution in [0.1, 0.15) is 51.5 Å². The molecule has 1 heterocycles. The quantitative estimate of drug-likeness (QED) is 0.0571. The van der Waals surface area contributed by atoms with E-state index >= 15 is 0 Å². The molecule has 0 saturated carbocycles. The molecule has 15 heteroatoms. The summed E-state index contributed by atoms with van der Waals surface area (Å²) >= 11 is 0. The number of nitrogens with two attached hydrogens (primary N) is 4. The standard InChI is InChI=1S/C28H43N9O6/c1-3-15(2)23(26(41)35-20(27(42)43)10-11-22(30)38)37-25(40)21(13-16-14-34-19-9-5-4-7-17(16)19)36-24(39)18(29)8-6-12-33-28(31)32/h4-5,7,9,14-15,18,20-21,23,34H,3,6,8,10-13,29H2,1-2H3,(H2,30,38)(H,35,41)(H,36,39)(H,37,40)(H,42,43)(H4,31,32,33). The number of H-pyrrole nitrogens is 1. The highest BCUT2D eigenvalue weighted by molar-refractivity contribution is 5.95. The summed E-state index contributed by atoms with van der Waals surface area (Å²) in [7, 11) is 0. The number of aliphatic carboxylic acids is 1. The number of hydrogen-bond donors (Lipinski definition) is 9. The molecule has 13 N–H and O–H groups in total. The Hall–Kier alpha value is -4.66. The number of carbonyl (C=O) groups is 5. The third-order valence-electron chi connectivity index (χ3n) is 7.12. The van der Waals surface area contributed by atoms with Crippen LogP contribution in [0.5, 0.6) is 0 Å². The zero-order chi connectivity index (χ0) is 32.1. The molecule has 0 aliphatic carbocycles. The van der Waals surface area contributed by atoms with Crippen LogP contribution in [0.25, 0.3) is 10.9 Å². The maximum atomic E-state index is 13.7. The largest absolute Gasteiger partial charge is 0.480 e. The summed E-state index contributed by atoms with van der Waals surface area (Å²) in [6, 6.07) is 2.85. The van der Waals surface area contributed by atoms with Crippen molar-refractivity contribution in [3.63, 3.8) is 0 Å². The van der Waals surface area contributed by atoms with Crippen molar-refractivity contribution in [2.24, 2.45) is 33.8 Å². The Labute approximate surface area is 249 Å². The molecule has 0 aliphatic rings. The average molecular weight is 602 g/mol. The lowest BCUT2D eigenvalue weighted by Crippen LogP contribution is -2.59. The summed E-state index contributed by atoms with van der Waals surface area (Å²) in [6.07, 6.45) is 2.51. The van der Waals surface area contributed by atoms with E-state index in [-0.39, 0.29) is 38.2 Å². The van der Waals surface area contributed by atoms with E-state index in [1.807, 2.05) is 31.2 Å². The average Bonchev–Trinajstić information content (AvgIpc) is 3.37. The zero-order valence-corrected chi connectivity index (χ0v) is 24.5. The lowest BCUT2D eigenvalue weighted by molar-refractivity contribution is -0.143. The minimum Gasteiger partial charge on any atom is -0.480 e. The first-order chi connectivity index (χ1) is 20.3. The molecule has 0 spiro atoms. The van der Waals surface area contributed by atoms with E-state index in [9.17, 15) is 29.1 Å². The smallest absolute Gasteiger partial charge is 0.326 e. The summed E-state index contributed by atoms with van der Waals surface area (Å²) in [5, 5.41) is 18.2. The van der Waals surface area contributed by atoms with Crippen LogP contribution in [0.3, 0.4) is 0 Å². The highest BCUT2D eigenvalue weighted by atomic mass is 16.4. The van der Waals surface area contributed by atoms with Gasteiger partial charge in [-0.3, -0.25) is 24.2 Å². The molecule has 2 aromatic rings. The van der Waals surface area contributed by atoms with Gasteiger partial charge in [0.15, 0.2) is 5.96 Å². The third kappa shape index (κ3) is 10.9. The second-order valence-electron chi connectivity index (χ2n) is 10.5. The van der Waals surface area contributed by atoms with Gasteiger partial charge >= 0.3 is 5.97 Å². The molecule has 43 heavy (non-hydrogen) atoms. The fraction of sp³-hybridized carbons (Fsp3) is 0.500. The van der Waals surface area contributed by atoms with E-state index in [0.717, 1.165) is 16.5 Å². The predicted octanol–water partition coefficient (Wildman–Crippen LogP) is -1.06. The number of aromatic amines is 1. The number of carboxylic acids is 1. The number of aromatic nitrogens is 1. The Morgan fingerprint density at radius 1 is 0.953 bits per heavy atom. The van der Waals surface area contributed by atoms with E-state index in [1.54, 1.807) is 13.1 Å². The van der Waals surface area contributed by atoms with Crippen LogP contribution in [0.2, 0.25) is 0 Å². The van der Waals surface area contributed by atoms with Gasteiger partial charge in [0.1, 0.15) is 18.1 Å². The number of aliphatic imine (C=N–C) groups is 1. The van der Waals surface area contributed by atoms with Crippen LogP contribution in [-0.4, -0.2) is 76.4 Å². The molecule has 1 aromatic carbocycles. The van der Waals surface area contributed by atoms with Gasteiger partial charge in [-0.25, -0.2) is 4.79 Å². The lowest BCUT2D eigenvalue weighted by Gasteiger charge is -2.28. The molecule has 15 nitrogen and oxygen atoms in total. The van der Waals surface area contributed by atoms with Gasteiger partial charge in [-0.1, -0.05) is 38.5 Å². The molecular formula is C28H43N9O6. The Bertz CT molecular complexity index is 1310. The summed E-state index contributed by atoms with van der Waals surface area (Å²) in [6.45, 7) is 3.82. The van der Waals surface area contributed by atoms with Crippen LogP contribution in [-0.2, 0) is 30.4 Å². The number of guanidine groups is 1. The van der Waals surface area contributed by atoms with Gasteiger partial charge in [0.25, 0.3) is 0 Å². The molecule has 0 bridgehead atoms. The van der Waals surface area contributed by atoms with Gasteiger partial charge in [-0.2, -0.15) is 0 Å². The van der Waals surface area contributed by atoms with Gasteiger partial charge in [0.2, 0.25) is 23.6 Å². The van der Waals surface area contributed by atoms with E-state index in [4.69, 9.17) is 22.9 Å². The van der Waals surface area contributed by atoms with Gasteiger partial charge < -0.3 is 49.0 Å². The number of nitrogens with zero attached hydrogens (tertiary/aromatic N) is 1. The summed E-state index contributed by atoms with van der Waals surface area (Å²) < 4.78 is 0. The SMILES string of the molecule is CCC(C)C(NC(=O)C(Cc1c[nH]c2ccccc12)NC(=O)C(N)CCCN=C(N)N)C(=O)NC(CCC(N)=O)C(=O)O. The van der Waals surface area contributed by atoms with Gasteiger partial charge in [0.05, 0.1) is 6.04 Å². The number of carboxylic acid groups (broad SMARTS) is 1. The van der Waals surface area contributed by atoms with Crippen molar-refractivity contribution in [1.82, 2.24) is 20.9 Å². The minimum atomic E-state index is -1.39. The van der Waals surface area contributed by atoms with Gasteiger partial charge in [0, 0.05) is 36.5 Å². The van der Waals surface area contributed by atoms with Gasteiger partial charge in [-0.05, 0) is 36.8 Å². The molecule has 0 aliphatic heterocycles. The minimum absolute atomic E-state index is 0.0732. The first-order valence-electron chi connectivity index (χ1n) is 14.1. The Kier molecular flexibility index (Phi) is 13.4. The van der Waals surface area contributed by atoms with Crippen LogP contribution in [0.15, 0.2) is 35.5 Å².